The van der Waals surface area contributed by atoms with Crippen LogP contribution in [0.25, 0.3) is 0 Å². The molecule has 2 aromatic carbocycles. The summed E-state index contributed by atoms with van der Waals surface area (Å²) in [4.78, 5) is 24.4. The van der Waals surface area contributed by atoms with Gasteiger partial charge in [-0.15, -0.1) is 0 Å². The predicted octanol–water partition coefficient (Wildman–Crippen LogP) is 3.44. The van der Waals surface area contributed by atoms with E-state index in [9.17, 15) is 14.0 Å². The molecule has 0 bridgehead atoms. The number of hydrogen-bond acceptors (Lipinski definition) is 7. The molecule has 0 unspecified atom stereocenters. The number of rotatable bonds is 5. The maximum atomic E-state index is 12.3. The summed E-state index contributed by atoms with van der Waals surface area (Å²) in [6.07, 6.45) is 0.561. The molecule has 0 aliphatic carbocycles. The van der Waals surface area contributed by atoms with Crippen molar-refractivity contribution in [1.82, 2.24) is 5.32 Å². The van der Waals surface area contributed by atoms with E-state index in [0.717, 1.165) is 11.1 Å². The summed E-state index contributed by atoms with van der Waals surface area (Å²) in [5, 5.41) is 7.03. The Bertz CT molecular complexity index is 965. The maximum absolute atomic E-state index is 12.3. The van der Waals surface area contributed by atoms with Gasteiger partial charge in [0, 0.05) is 12.1 Å². The van der Waals surface area contributed by atoms with Crippen molar-refractivity contribution in [1.29, 1.82) is 0 Å². The van der Waals surface area contributed by atoms with Gasteiger partial charge in [-0.3, -0.25) is 9.59 Å². The molecule has 2 heterocycles. The monoisotopic (exact) mass is 448 g/mol. The average molecular weight is 449 g/mol. The molecule has 2 N–H and O–H groups in total. The van der Waals surface area contributed by atoms with Gasteiger partial charge in [-0.1, -0.05) is 23.7 Å². The third-order valence-electron chi connectivity index (χ3n) is 5.29. The lowest BCUT2D eigenvalue weighted by atomic mass is 9.96. The van der Waals surface area contributed by atoms with Gasteiger partial charge in [0.25, 0.3) is 5.79 Å². The van der Waals surface area contributed by atoms with Crippen LogP contribution in [0.5, 0.6) is 5.75 Å². The highest BCUT2D eigenvalue weighted by Crippen LogP contribution is 2.40. The summed E-state index contributed by atoms with van der Waals surface area (Å²) in [6.45, 7) is 0.323. The fourth-order valence-electron chi connectivity index (χ4n) is 3.82. The molecule has 0 saturated carbocycles. The summed E-state index contributed by atoms with van der Waals surface area (Å²) in [6, 6.07) is 10.5. The molecule has 31 heavy (non-hydrogen) atoms. The number of carbonyl (C=O) groups is 2. The van der Waals surface area contributed by atoms with Gasteiger partial charge in [0.15, 0.2) is 0 Å². The third kappa shape index (κ3) is 4.60. The van der Waals surface area contributed by atoms with Gasteiger partial charge < -0.3 is 24.8 Å². The van der Waals surface area contributed by atoms with Gasteiger partial charge in [-0.2, -0.15) is 0 Å². The van der Waals surface area contributed by atoms with Crippen LogP contribution in [-0.4, -0.2) is 31.9 Å². The Hall–Kier alpha value is -2.84. The van der Waals surface area contributed by atoms with E-state index in [1.54, 1.807) is 24.3 Å². The first-order valence-corrected chi connectivity index (χ1v) is 10.4. The first-order valence-electron chi connectivity index (χ1n) is 9.98. The van der Waals surface area contributed by atoms with E-state index < -0.39 is 24.6 Å². The lowest BCUT2D eigenvalue weighted by Crippen LogP contribution is -2.43. The number of halogens is 2. The van der Waals surface area contributed by atoms with Crippen LogP contribution in [-0.2, 0) is 37.8 Å². The lowest BCUT2D eigenvalue weighted by molar-refractivity contribution is -0.225. The summed E-state index contributed by atoms with van der Waals surface area (Å²) >= 11 is 6.50. The minimum absolute atomic E-state index is 0.0171. The first kappa shape index (κ1) is 21.4. The van der Waals surface area contributed by atoms with Crippen LogP contribution in [0.2, 0.25) is 5.02 Å². The molecule has 0 radical (unpaired) electrons. The molecular weight excluding hydrogens is 427 g/mol. The molecule has 1 saturated heterocycles. The topological polar surface area (TPSA) is 85.9 Å². The second-order valence-electron chi connectivity index (χ2n) is 7.33. The summed E-state index contributed by atoms with van der Waals surface area (Å²) in [5.41, 5.74) is 3.04. The van der Waals surface area contributed by atoms with Crippen LogP contribution in [0.3, 0.4) is 0 Å². The van der Waals surface area contributed by atoms with Crippen LogP contribution in [0.1, 0.15) is 29.5 Å². The van der Waals surface area contributed by atoms with Gasteiger partial charge >= 0.3 is 11.9 Å². The summed E-state index contributed by atoms with van der Waals surface area (Å²) < 4.78 is 28.4. The fourth-order valence-corrected chi connectivity index (χ4v) is 4.07. The van der Waals surface area contributed by atoms with Gasteiger partial charge in [-0.05, 0) is 48.4 Å². The minimum Gasteiger partial charge on any atom is -0.463 e. The normalized spacial score (nSPS) is 17.7. The molecule has 0 aromatic heterocycles. The SMILES string of the molecule is O=C1CCC(=O)OC2(CNCCc3c2ccc(Cl)c3NCc2ccc(OCF)cc2)O1. The van der Waals surface area contributed by atoms with Crippen molar-refractivity contribution in [2.24, 2.45) is 0 Å². The Labute approximate surface area is 183 Å². The second-order valence-corrected chi connectivity index (χ2v) is 7.73. The Morgan fingerprint density at radius 3 is 2.45 bits per heavy atom. The van der Waals surface area contributed by atoms with E-state index in [-0.39, 0.29) is 19.4 Å². The molecule has 2 aromatic rings. The number of esters is 2. The lowest BCUT2D eigenvalue weighted by Gasteiger charge is -2.32. The highest BCUT2D eigenvalue weighted by molar-refractivity contribution is 6.33. The number of carbonyl (C=O) groups excluding carboxylic acids is 2. The van der Waals surface area contributed by atoms with E-state index in [1.165, 1.54) is 0 Å². The van der Waals surface area contributed by atoms with Crippen LogP contribution in [0.4, 0.5) is 10.1 Å². The molecule has 1 fully saturated rings. The van der Waals surface area contributed by atoms with E-state index >= 15 is 0 Å². The van der Waals surface area contributed by atoms with Crippen molar-refractivity contribution < 1.29 is 28.2 Å². The van der Waals surface area contributed by atoms with Gasteiger partial charge in [0.1, 0.15) is 5.75 Å². The first-order chi connectivity index (χ1) is 15.0. The molecule has 9 heteroatoms. The summed E-state index contributed by atoms with van der Waals surface area (Å²) in [7, 11) is 0. The molecule has 0 atom stereocenters. The highest BCUT2D eigenvalue weighted by atomic mass is 35.5. The van der Waals surface area contributed by atoms with Crippen LogP contribution in [0, 0.1) is 0 Å². The zero-order valence-corrected chi connectivity index (χ0v) is 17.5. The van der Waals surface area contributed by atoms with E-state index in [4.69, 9.17) is 25.8 Å². The van der Waals surface area contributed by atoms with Crippen molar-refractivity contribution in [2.45, 2.75) is 31.6 Å². The zero-order chi connectivity index (χ0) is 21.8. The third-order valence-corrected chi connectivity index (χ3v) is 5.60. The van der Waals surface area contributed by atoms with Crippen molar-refractivity contribution in [3.8, 4) is 5.75 Å². The van der Waals surface area contributed by atoms with E-state index in [0.29, 0.717) is 41.5 Å². The zero-order valence-electron chi connectivity index (χ0n) is 16.7. The molecule has 2 aliphatic heterocycles. The fraction of sp³-hybridized carbons (Fsp3) is 0.364. The van der Waals surface area contributed by atoms with Gasteiger partial charge in [-0.25, -0.2) is 4.39 Å². The van der Waals surface area contributed by atoms with Crippen LogP contribution >= 0.6 is 11.6 Å². The predicted molar refractivity (Wildman–Crippen MR) is 111 cm³/mol. The molecule has 4 rings (SSSR count). The van der Waals surface area contributed by atoms with Crippen molar-refractivity contribution >= 4 is 29.2 Å². The Morgan fingerprint density at radius 2 is 1.77 bits per heavy atom. The number of alkyl halides is 1. The molecule has 0 amide bonds. The number of hydrogen-bond donors (Lipinski definition) is 2. The standard InChI is InChI=1S/C22H22ClFN2O5/c23-18-6-5-17-16(21(18)26-11-14-1-3-15(4-2-14)29-13-24)9-10-25-12-22(17)30-19(27)7-8-20(28)31-22/h1-6,25-26H,7-13H2. The van der Waals surface area contributed by atoms with E-state index in [2.05, 4.69) is 10.6 Å². The molecular formula is C22H22ClFN2O5. The quantitative estimate of drug-likeness (QED) is 0.677. The molecule has 2 aliphatic rings. The van der Waals surface area contributed by atoms with Crippen molar-refractivity contribution in [3.63, 3.8) is 0 Å². The number of anilines is 1. The number of ether oxygens (including phenoxy) is 3. The van der Waals surface area contributed by atoms with Crippen LogP contribution in [0.15, 0.2) is 36.4 Å². The summed E-state index contributed by atoms with van der Waals surface area (Å²) in [5.74, 6) is -2.05. The number of benzene rings is 2. The molecule has 1 spiro atoms. The Kier molecular flexibility index (Phi) is 6.29. The average Bonchev–Trinajstić information content (AvgIpc) is 3.01. The number of fused-ring (bicyclic) bond motifs is 2. The minimum atomic E-state index is -1.52. The Balaban J connectivity index is 1.65. The smallest absolute Gasteiger partial charge is 0.309 e. The van der Waals surface area contributed by atoms with Gasteiger partial charge in [0.2, 0.25) is 6.86 Å². The number of nitrogens with one attached hydrogen (secondary N) is 2. The molecule has 164 valence electrons. The van der Waals surface area contributed by atoms with Crippen LogP contribution < -0.4 is 15.4 Å². The molecule has 7 nitrogen and oxygen atoms in total. The van der Waals surface area contributed by atoms with Crippen molar-refractivity contribution in [3.05, 3.63) is 58.1 Å². The largest absolute Gasteiger partial charge is 0.463 e. The second kappa shape index (κ2) is 9.11. The van der Waals surface area contributed by atoms with Gasteiger partial charge in [0.05, 0.1) is 30.1 Å². The van der Waals surface area contributed by atoms with E-state index in [1.807, 2.05) is 12.1 Å². The highest BCUT2D eigenvalue weighted by Gasteiger charge is 2.45. The maximum Gasteiger partial charge on any atom is 0.309 e. The van der Waals surface area contributed by atoms with Crippen molar-refractivity contribution in [2.75, 3.05) is 25.3 Å². The Morgan fingerprint density at radius 1 is 1.06 bits per heavy atom.